The van der Waals surface area contributed by atoms with Crippen LogP contribution >= 0.6 is 0 Å². The molecule has 2 aliphatic rings. The predicted octanol–water partition coefficient (Wildman–Crippen LogP) is 1.14. The molecule has 1 aromatic heterocycles. The number of ketones is 1. The molecule has 2 saturated heterocycles. The lowest BCUT2D eigenvalue weighted by Gasteiger charge is -2.34. The average Bonchev–Trinajstić information content (AvgIpc) is 2.93. The van der Waals surface area contributed by atoms with Crippen molar-refractivity contribution in [2.45, 2.75) is 25.0 Å². The van der Waals surface area contributed by atoms with E-state index in [1.54, 1.807) is 25.4 Å². The Labute approximate surface area is 112 Å². The summed E-state index contributed by atoms with van der Waals surface area (Å²) in [5, 5.41) is 0. The molecule has 0 spiro atoms. The van der Waals surface area contributed by atoms with Gasteiger partial charge < -0.3 is 9.47 Å². The van der Waals surface area contributed by atoms with Crippen LogP contribution in [-0.4, -0.2) is 54.6 Å². The summed E-state index contributed by atoms with van der Waals surface area (Å²) in [5.74, 6) is 0.433. The van der Waals surface area contributed by atoms with E-state index in [0.29, 0.717) is 30.6 Å². The first-order valence-corrected chi connectivity index (χ1v) is 6.68. The molecule has 2 fully saturated rings. The molecule has 3 rings (SSSR count). The van der Waals surface area contributed by atoms with E-state index in [9.17, 15) is 4.79 Å². The first-order valence-electron chi connectivity index (χ1n) is 6.68. The minimum absolute atomic E-state index is 0.0807. The van der Waals surface area contributed by atoms with Crippen LogP contribution in [0.25, 0.3) is 0 Å². The monoisotopic (exact) mass is 262 g/mol. The Hall–Kier alpha value is -1.46. The van der Waals surface area contributed by atoms with Gasteiger partial charge >= 0.3 is 0 Å². The van der Waals surface area contributed by atoms with Gasteiger partial charge in [0, 0.05) is 18.8 Å². The fraction of sp³-hybridized carbons (Fsp3) is 0.571. The second kappa shape index (κ2) is 5.27. The number of methoxy groups -OCH3 is 1. The molecule has 0 saturated carbocycles. The van der Waals surface area contributed by atoms with E-state index in [1.165, 1.54) is 12.8 Å². The van der Waals surface area contributed by atoms with Gasteiger partial charge in [0.25, 0.3) is 0 Å². The van der Waals surface area contributed by atoms with Gasteiger partial charge in [-0.3, -0.25) is 9.69 Å². The van der Waals surface area contributed by atoms with Gasteiger partial charge in [0.15, 0.2) is 5.69 Å². The molecule has 1 aromatic rings. The fourth-order valence-corrected chi connectivity index (χ4v) is 2.87. The molecule has 0 aromatic carbocycles. The molecular weight excluding hydrogens is 244 g/mol. The maximum atomic E-state index is 12.5. The van der Waals surface area contributed by atoms with Crippen molar-refractivity contribution in [1.29, 1.82) is 0 Å². The van der Waals surface area contributed by atoms with Crippen LogP contribution in [0.3, 0.4) is 0 Å². The highest BCUT2D eigenvalue weighted by Gasteiger charge is 2.36. The Morgan fingerprint density at radius 1 is 1.58 bits per heavy atom. The number of carbonyl (C=O) groups excluding carboxylic acids is 1. The lowest BCUT2D eigenvalue weighted by atomic mass is 10.1. The number of carbonyl (C=O) groups is 1. The van der Waals surface area contributed by atoms with E-state index in [4.69, 9.17) is 9.47 Å². The van der Waals surface area contributed by atoms with Gasteiger partial charge in [-0.15, -0.1) is 0 Å². The maximum Gasteiger partial charge on any atom is 0.214 e. The normalized spacial score (nSPS) is 27.0. The van der Waals surface area contributed by atoms with E-state index >= 15 is 0 Å². The number of hydrogen-bond donors (Lipinski definition) is 0. The molecule has 0 N–H and O–H groups in total. The van der Waals surface area contributed by atoms with Gasteiger partial charge in [0.1, 0.15) is 11.9 Å². The van der Waals surface area contributed by atoms with E-state index in [0.717, 1.165) is 6.54 Å². The minimum atomic E-state index is -0.418. The number of nitrogens with zero attached hydrogens (tertiary/aromatic N) is 2. The topological polar surface area (TPSA) is 51.7 Å². The number of Topliss-reactive ketones (excluding diaryl/α,β-unsaturated/α-hetero) is 1. The summed E-state index contributed by atoms with van der Waals surface area (Å²) in [6.07, 6.45) is 3.56. The lowest BCUT2D eigenvalue weighted by Crippen LogP contribution is -2.49. The van der Waals surface area contributed by atoms with Crippen molar-refractivity contribution in [3.05, 3.63) is 24.0 Å². The Morgan fingerprint density at radius 3 is 3.32 bits per heavy atom. The molecular formula is C14H18N2O3. The fourth-order valence-electron chi connectivity index (χ4n) is 2.87. The van der Waals surface area contributed by atoms with Crippen LogP contribution in [0.4, 0.5) is 0 Å². The van der Waals surface area contributed by atoms with Crippen molar-refractivity contribution < 1.29 is 14.3 Å². The summed E-state index contributed by atoms with van der Waals surface area (Å²) in [7, 11) is 1.55. The van der Waals surface area contributed by atoms with Gasteiger partial charge in [-0.05, 0) is 31.5 Å². The van der Waals surface area contributed by atoms with Gasteiger partial charge in [-0.25, -0.2) is 4.98 Å². The zero-order chi connectivity index (χ0) is 13.2. The Morgan fingerprint density at radius 2 is 2.47 bits per heavy atom. The Balaban J connectivity index is 1.76. The predicted molar refractivity (Wildman–Crippen MR) is 69.5 cm³/mol. The standard InChI is InChI=1S/C14H18N2O3/c1-18-11-5-2-6-15-13(11)14(17)12-8-16-7-3-4-10(16)9-19-12/h2,5-6,10,12H,3-4,7-9H2,1H3. The molecule has 5 heteroatoms. The lowest BCUT2D eigenvalue weighted by molar-refractivity contribution is -0.0347. The van der Waals surface area contributed by atoms with Crippen LogP contribution in [0.2, 0.25) is 0 Å². The van der Waals surface area contributed by atoms with Crippen molar-refractivity contribution in [2.75, 3.05) is 26.8 Å². The smallest absolute Gasteiger partial charge is 0.214 e. The van der Waals surface area contributed by atoms with Gasteiger partial charge in [-0.1, -0.05) is 0 Å². The van der Waals surface area contributed by atoms with Crippen LogP contribution in [0, 0.1) is 0 Å². The molecule has 2 atom stereocenters. The van der Waals surface area contributed by atoms with Gasteiger partial charge in [-0.2, -0.15) is 0 Å². The number of rotatable bonds is 3. The molecule has 19 heavy (non-hydrogen) atoms. The van der Waals surface area contributed by atoms with Crippen LogP contribution < -0.4 is 4.74 Å². The number of morpholine rings is 1. The van der Waals surface area contributed by atoms with Crippen molar-refractivity contribution >= 4 is 5.78 Å². The molecule has 0 radical (unpaired) electrons. The highest BCUT2D eigenvalue weighted by atomic mass is 16.5. The molecule has 2 unspecified atom stereocenters. The summed E-state index contributed by atoms with van der Waals surface area (Å²) in [6, 6.07) is 4.00. The van der Waals surface area contributed by atoms with E-state index in [1.807, 2.05) is 0 Å². The number of pyridine rings is 1. The molecule has 2 aliphatic heterocycles. The number of hydrogen-bond acceptors (Lipinski definition) is 5. The number of ether oxygens (including phenoxy) is 2. The molecule has 102 valence electrons. The third kappa shape index (κ3) is 2.35. The molecule has 5 nitrogen and oxygen atoms in total. The number of aromatic nitrogens is 1. The van der Waals surface area contributed by atoms with E-state index in [-0.39, 0.29) is 5.78 Å². The highest BCUT2D eigenvalue weighted by molar-refractivity contribution is 6.00. The Kier molecular flexibility index (Phi) is 3.48. The summed E-state index contributed by atoms with van der Waals surface area (Å²) in [4.78, 5) is 19.0. The SMILES string of the molecule is COc1cccnc1C(=O)C1CN2CCCC2CO1. The average molecular weight is 262 g/mol. The summed E-state index contributed by atoms with van der Waals surface area (Å²) in [6.45, 7) is 2.38. The first kappa shape index (κ1) is 12.6. The zero-order valence-electron chi connectivity index (χ0n) is 11.0. The van der Waals surface area contributed by atoms with E-state index < -0.39 is 6.10 Å². The molecule has 3 heterocycles. The van der Waals surface area contributed by atoms with Crippen molar-refractivity contribution in [3.8, 4) is 5.75 Å². The minimum Gasteiger partial charge on any atom is -0.494 e. The summed E-state index contributed by atoms with van der Waals surface area (Å²) < 4.78 is 10.9. The van der Waals surface area contributed by atoms with Crippen molar-refractivity contribution in [3.63, 3.8) is 0 Å². The first-order chi connectivity index (χ1) is 9.29. The summed E-state index contributed by atoms with van der Waals surface area (Å²) in [5.41, 5.74) is 0.368. The van der Waals surface area contributed by atoms with Crippen LogP contribution in [-0.2, 0) is 4.74 Å². The summed E-state index contributed by atoms with van der Waals surface area (Å²) >= 11 is 0. The third-order valence-electron chi connectivity index (χ3n) is 3.91. The second-order valence-electron chi connectivity index (χ2n) is 5.03. The molecule has 0 amide bonds. The highest BCUT2D eigenvalue weighted by Crippen LogP contribution is 2.25. The maximum absolute atomic E-state index is 12.5. The second-order valence-corrected chi connectivity index (χ2v) is 5.03. The quantitative estimate of drug-likeness (QED) is 0.764. The van der Waals surface area contributed by atoms with Gasteiger partial charge in [0.05, 0.1) is 13.7 Å². The van der Waals surface area contributed by atoms with Crippen molar-refractivity contribution in [1.82, 2.24) is 9.88 Å². The van der Waals surface area contributed by atoms with Crippen LogP contribution in [0.5, 0.6) is 5.75 Å². The third-order valence-corrected chi connectivity index (χ3v) is 3.91. The van der Waals surface area contributed by atoms with Crippen molar-refractivity contribution in [2.24, 2.45) is 0 Å². The molecule has 0 bridgehead atoms. The van der Waals surface area contributed by atoms with E-state index in [2.05, 4.69) is 9.88 Å². The largest absolute Gasteiger partial charge is 0.494 e. The number of fused-ring (bicyclic) bond motifs is 1. The van der Waals surface area contributed by atoms with Crippen LogP contribution in [0.1, 0.15) is 23.3 Å². The van der Waals surface area contributed by atoms with Crippen LogP contribution in [0.15, 0.2) is 18.3 Å². The Bertz CT molecular complexity index is 478. The van der Waals surface area contributed by atoms with Gasteiger partial charge in [0.2, 0.25) is 5.78 Å². The zero-order valence-corrected chi connectivity index (χ0v) is 11.0. The molecule has 0 aliphatic carbocycles.